The van der Waals surface area contributed by atoms with Gasteiger partial charge in [-0.25, -0.2) is 4.39 Å². The van der Waals surface area contributed by atoms with Crippen molar-refractivity contribution in [1.29, 1.82) is 0 Å². The Balaban J connectivity index is 2.92. The molecule has 0 bridgehead atoms. The van der Waals surface area contributed by atoms with Gasteiger partial charge in [-0.15, -0.1) is 0 Å². The van der Waals surface area contributed by atoms with Crippen molar-refractivity contribution in [2.45, 2.75) is 13.8 Å². The molecule has 92 valence electrons. The number of carboxylic acids is 1. The molecule has 1 rings (SSSR count). The van der Waals surface area contributed by atoms with Gasteiger partial charge in [0.05, 0.1) is 5.69 Å². The Bertz CT molecular complexity index is 474. The fourth-order valence-corrected chi connectivity index (χ4v) is 1.42. The maximum atomic E-state index is 12.8. The quantitative estimate of drug-likeness (QED) is 0.844. The van der Waals surface area contributed by atoms with E-state index in [1.165, 1.54) is 32.0 Å². The van der Waals surface area contributed by atoms with Crippen molar-refractivity contribution in [3.05, 3.63) is 28.5 Å². The van der Waals surface area contributed by atoms with Gasteiger partial charge in [-0.05, 0) is 48.0 Å². The molecule has 1 amide bonds. The van der Waals surface area contributed by atoms with Gasteiger partial charge in [0, 0.05) is 4.47 Å². The van der Waals surface area contributed by atoms with Gasteiger partial charge in [0.15, 0.2) is 0 Å². The number of hydrogen-bond acceptors (Lipinski definition) is 2. The molecule has 1 aromatic carbocycles. The summed E-state index contributed by atoms with van der Waals surface area (Å²) in [6, 6.07) is 3.72. The van der Waals surface area contributed by atoms with E-state index in [1.807, 2.05) is 0 Å². The summed E-state index contributed by atoms with van der Waals surface area (Å²) >= 11 is 3.08. The summed E-state index contributed by atoms with van der Waals surface area (Å²) in [6.07, 6.45) is 0. The van der Waals surface area contributed by atoms with Gasteiger partial charge in [-0.1, -0.05) is 0 Å². The first kappa shape index (κ1) is 13.6. The second kappa shape index (κ2) is 4.83. The topological polar surface area (TPSA) is 66.4 Å². The molecule has 0 spiro atoms. The first-order chi connectivity index (χ1) is 7.75. The largest absolute Gasteiger partial charge is 0.480 e. The van der Waals surface area contributed by atoms with Crippen molar-refractivity contribution in [1.82, 2.24) is 0 Å². The highest BCUT2D eigenvalue weighted by Gasteiger charge is 2.36. The van der Waals surface area contributed by atoms with E-state index in [9.17, 15) is 14.0 Å². The van der Waals surface area contributed by atoms with Crippen LogP contribution in [0.1, 0.15) is 13.8 Å². The molecule has 0 saturated heterocycles. The van der Waals surface area contributed by atoms with Crippen molar-refractivity contribution in [2.24, 2.45) is 5.41 Å². The van der Waals surface area contributed by atoms with Crippen LogP contribution >= 0.6 is 15.9 Å². The molecule has 0 atom stereocenters. The van der Waals surface area contributed by atoms with Crippen LogP contribution in [0.4, 0.5) is 10.1 Å². The highest BCUT2D eigenvalue weighted by molar-refractivity contribution is 9.10. The summed E-state index contributed by atoms with van der Waals surface area (Å²) in [7, 11) is 0. The number of carbonyl (C=O) groups excluding carboxylic acids is 1. The number of aliphatic carboxylic acids is 1. The van der Waals surface area contributed by atoms with Crippen LogP contribution in [0.2, 0.25) is 0 Å². The number of benzene rings is 1. The third kappa shape index (κ3) is 3.03. The van der Waals surface area contributed by atoms with E-state index in [-0.39, 0.29) is 0 Å². The summed E-state index contributed by atoms with van der Waals surface area (Å²) < 4.78 is 13.2. The molecule has 2 N–H and O–H groups in total. The van der Waals surface area contributed by atoms with E-state index in [0.717, 1.165) is 0 Å². The SMILES string of the molecule is CC(C)(C(=O)O)C(=O)Nc1ccc(F)cc1Br. The van der Waals surface area contributed by atoms with Gasteiger partial charge in [0.25, 0.3) is 0 Å². The van der Waals surface area contributed by atoms with Crippen molar-refractivity contribution >= 4 is 33.5 Å². The van der Waals surface area contributed by atoms with Gasteiger partial charge < -0.3 is 10.4 Å². The number of nitrogens with one attached hydrogen (secondary N) is 1. The maximum Gasteiger partial charge on any atom is 0.318 e. The normalized spacial score (nSPS) is 11.1. The highest BCUT2D eigenvalue weighted by Crippen LogP contribution is 2.25. The smallest absolute Gasteiger partial charge is 0.318 e. The summed E-state index contributed by atoms with van der Waals surface area (Å²) in [5.41, 5.74) is -1.22. The number of amides is 1. The molecule has 0 radical (unpaired) electrons. The lowest BCUT2D eigenvalue weighted by atomic mass is 9.92. The minimum absolute atomic E-state index is 0.325. The van der Waals surface area contributed by atoms with Crippen LogP contribution < -0.4 is 5.32 Å². The third-order valence-corrected chi connectivity index (χ3v) is 2.94. The maximum absolute atomic E-state index is 12.8. The number of hydrogen-bond donors (Lipinski definition) is 2. The predicted molar refractivity (Wildman–Crippen MR) is 64.1 cm³/mol. The van der Waals surface area contributed by atoms with E-state index >= 15 is 0 Å². The molecular formula is C11H11BrFNO3. The molecule has 4 nitrogen and oxygen atoms in total. The lowest BCUT2D eigenvalue weighted by molar-refractivity contribution is -0.151. The van der Waals surface area contributed by atoms with Crippen LogP contribution in [-0.4, -0.2) is 17.0 Å². The van der Waals surface area contributed by atoms with E-state index in [1.54, 1.807) is 0 Å². The second-order valence-corrected chi connectivity index (χ2v) is 4.86. The molecule has 0 aliphatic carbocycles. The van der Waals surface area contributed by atoms with Crippen LogP contribution in [-0.2, 0) is 9.59 Å². The molecule has 0 saturated carbocycles. The van der Waals surface area contributed by atoms with Crippen molar-refractivity contribution in [3.63, 3.8) is 0 Å². The Morgan fingerprint density at radius 1 is 1.41 bits per heavy atom. The van der Waals surface area contributed by atoms with Crippen molar-refractivity contribution in [2.75, 3.05) is 5.32 Å². The lowest BCUT2D eigenvalue weighted by Gasteiger charge is -2.18. The Morgan fingerprint density at radius 2 is 2.00 bits per heavy atom. The zero-order valence-electron chi connectivity index (χ0n) is 9.25. The molecule has 0 aliphatic heterocycles. The number of carbonyl (C=O) groups is 2. The molecule has 0 unspecified atom stereocenters. The Morgan fingerprint density at radius 3 is 2.47 bits per heavy atom. The molecule has 0 aromatic heterocycles. The fraction of sp³-hybridized carbons (Fsp3) is 0.273. The number of anilines is 1. The first-order valence-electron chi connectivity index (χ1n) is 4.75. The van der Waals surface area contributed by atoms with Crippen molar-refractivity contribution in [3.8, 4) is 0 Å². The number of carboxylic acid groups (broad SMARTS) is 1. The summed E-state index contributed by atoms with van der Waals surface area (Å²) in [5, 5.41) is 11.3. The van der Waals surface area contributed by atoms with Crippen LogP contribution in [0.3, 0.4) is 0 Å². The Hall–Kier alpha value is -1.43. The van der Waals surface area contributed by atoms with Crippen LogP contribution in [0.5, 0.6) is 0 Å². The zero-order chi connectivity index (χ0) is 13.2. The summed E-state index contributed by atoms with van der Waals surface area (Å²) in [6.45, 7) is 2.59. The van der Waals surface area contributed by atoms with Crippen LogP contribution in [0.25, 0.3) is 0 Å². The summed E-state index contributed by atoms with van der Waals surface area (Å²) in [5.74, 6) is -2.35. The molecular weight excluding hydrogens is 293 g/mol. The van der Waals surface area contributed by atoms with Crippen molar-refractivity contribution < 1.29 is 19.1 Å². The molecule has 0 aliphatic rings. The average Bonchev–Trinajstić information content (AvgIpc) is 2.21. The van der Waals surface area contributed by atoms with E-state index < -0.39 is 23.1 Å². The molecule has 0 heterocycles. The molecule has 1 aromatic rings. The monoisotopic (exact) mass is 303 g/mol. The van der Waals surface area contributed by atoms with E-state index in [4.69, 9.17) is 5.11 Å². The lowest BCUT2D eigenvalue weighted by Crippen LogP contribution is -2.37. The van der Waals surface area contributed by atoms with Gasteiger partial charge in [-0.3, -0.25) is 9.59 Å². The zero-order valence-corrected chi connectivity index (χ0v) is 10.8. The van der Waals surface area contributed by atoms with Crippen LogP contribution in [0, 0.1) is 11.2 Å². The van der Waals surface area contributed by atoms with Gasteiger partial charge >= 0.3 is 5.97 Å². The van der Waals surface area contributed by atoms with Crippen LogP contribution in [0.15, 0.2) is 22.7 Å². The Labute approximate surface area is 106 Å². The van der Waals surface area contributed by atoms with E-state index in [2.05, 4.69) is 21.2 Å². The molecule has 17 heavy (non-hydrogen) atoms. The predicted octanol–water partition coefficient (Wildman–Crippen LogP) is 2.64. The van der Waals surface area contributed by atoms with Gasteiger partial charge in [-0.2, -0.15) is 0 Å². The molecule has 6 heteroatoms. The number of halogens is 2. The second-order valence-electron chi connectivity index (χ2n) is 4.01. The van der Waals surface area contributed by atoms with Gasteiger partial charge in [0.2, 0.25) is 5.91 Å². The molecule has 0 fully saturated rings. The minimum Gasteiger partial charge on any atom is -0.480 e. The Kier molecular flexibility index (Phi) is 3.87. The average molecular weight is 304 g/mol. The fourth-order valence-electron chi connectivity index (χ4n) is 0.967. The number of rotatable bonds is 3. The van der Waals surface area contributed by atoms with Gasteiger partial charge in [0.1, 0.15) is 11.2 Å². The highest BCUT2D eigenvalue weighted by atomic mass is 79.9. The minimum atomic E-state index is -1.55. The standard InChI is InChI=1S/C11H11BrFNO3/c1-11(2,10(16)17)9(15)14-8-4-3-6(13)5-7(8)12/h3-5H,1-2H3,(H,14,15)(H,16,17). The van der Waals surface area contributed by atoms with E-state index in [0.29, 0.717) is 10.2 Å². The third-order valence-electron chi connectivity index (χ3n) is 2.28. The summed E-state index contributed by atoms with van der Waals surface area (Å²) in [4.78, 5) is 22.6. The first-order valence-corrected chi connectivity index (χ1v) is 5.54.